The molecule has 0 aliphatic rings. The van der Waals surface area contributed by atoms with Gasteiger partial charge in [-0.15, -0.1) is 0 Å². The summed E-state index contributed by atoms with van der Waals surface area (Å²) in [5.74, 6) is 1.29. The van der Waals surface area contributed by atoms with Gasteiger partial charge in [0.05, 0.1) is 5.69 Å². The van der Waals surface area contributed by atoms with Crippen molar-refractivity contribution in [3.8, 4) is 11.3 Å². The second kappa shape index (κ2) is 9.35. The van der Waals surface area contributed by atoms with Crippen molar-refractivity contribution in [2.75, 3.05) is 30.9 Å². The molecular formula is C21H23ClN4O. The van der Waals surface area contributed by atoms with Gasteiger partial charge in [0, 0.05) is 42.6 Å². The maximum atomic E-state index is 6.23. The van der Waals surface area contributed by atoms with E-state index in [2.05, 4.69) is 20.6 Å². The number of ether oxygens (including phenoxy) is 1. The highest BCUT2D eigenvalue weighted by atomic mass is 35.5. The predicted molar refractivity (Wildman–Crippen MR) is 112 cm³/mol. The van der Waals surface area contributed by atoms with Crippen molar-refractivity contribution >= 4 is 29.1 Å². The third kappa shape index (κ3) is 5.18. The van der Waals surface area contributed by atoms with E-state index < -0.39 is 0 Å². The molecule has 3 rings (SSSR count). The van der Waals surface area contributed by atoms with Crippen LogP contribution in [0.1, 0.15) is 12.0 Å². The van der Waals surface area contributed by atoms with Gasteiger partial charge in [0.15, 0.2) is 0 Å². The summed E-state index contributed by atoms with van der Waals surface area (Å²) in [5.41, 5.74) is 3.73. The third-order valence-corrected chi connectivity index (χ3v) is 4.55. The van der Waals surface area contributed by atoms with Gasteiger partial charge in [-0.05, 0) is 31.0 Å². The van der Waals surface area contributed by atoms with Crippen LogP contribution >= 0.6 is 11.6 Å². The minimum absolute atomic E-state index is 0.524. The Labute approximate surface area is 164 Å². The summed E-state index contributed by atoms with van der Waals surface area (Å²) in [4.78, 5) is 9.29. The van der Waals surface area contributed by atoms with Crippen molar-refractivity contribution < 1.29 is 4.74 Å². The van der Waals surface area contributed by atoms with Crippen molar-refractivity contribution in [2.45, 2.75) is 13.3 Å². The summed E-state index contributed by atoms with van der Waals surface area (Å²) >= 11 is 6.23. The molecular weight excluding hydrogens is 360 g/mol. The number of rotatable bonds is 8. The van der Waals surface area contributed by atoms with Crippen molar-refractivity contribution in [2.24, 2.45) is 0 Å². The minimum Gasteiger partial charge on any atom is -0.385 e. The van der Waals surface area contributed by atoms with Gasteiger partial charge in [-0.25, -0.2) is 4.98 Å². The number of halogens is 1. The molecule has 27 heavy (non-hydrogen) atoms. The zero-order chi connectivity index (χ0) is 19.1. The Bertz CT molecular complexity index is 887. The number of hydrogen-bond acceptors (Lipinski definition) is 5. The van der Waals surface area contributed by atoms with E-state index in [9.17, 15) is 0 Å². The summed E-state index contributed by atoms with van der Waals surface area (Å²) in [7, 11) is 1.70. The summed E-state index contributed by atoms with van der Waals surface area (Å²) in [6.07, 6.45) is 0.900. The molecule has 0 fully saturated rings. The molecule has 0 bridgehead atoms. The quantitative estimate of drug-likeness (QED) is 0.518. The lowest BCUT2D eigenvalue weighted by Crippen LogP contribution is -2.08. The van der Waals surface area contributed by atoms with Gasteiger partial charge in [0.1, 0.15) is 5.82 Å². The summed E-state index contributed by atoms with van der Waals surface area (Å²) in [6, 6.07) is 17.7. The molecule has 2 N–H and O–H groups in total. The lowest BCUT2D eigenvalue weighted by atomic mass is 10.1. The highest BCUT2D eigenvalue weighted by molar-refractivity contribution is 6.31. The average Bonchev–Trinajstić information content (AvgIpc) is 2.69. The summed E-state index contributed by atoms with van der Waals surface area (Å²) in [5, 5.41) is 7.34. The second-order valence-corrected chi connectivity index (χ2v) is 6.55. The topological polar surface area (TPSA) is 59.1 Å². The zero-order valence-corrected chi connectivity index (χ0v) is 16.3. The van der Waals surface area contributed by atoms with E-state index in [4.69, 9.17) is 16.3 Å². The number of anilines is 3. The van der Waals surface area contributed by atoms with Crippen LogP contribution in [-0.2, 0) is 4.74 Å². The molecule has 0 radical (unpaired) electrons. The van der Waals surface area contributed by atoms with Gasteiger partial charge in [-0.2, -0.15) is 4.98 Å². The Kier molecular flexibility index (Phi) is 6.63. The van der Waals surface area contributed by atoms with E-state index in [1.54, 1.807) is 7.11 Å². The first-order chi connectivity index (χ1) is 13.2. The summed E-state index contributed by atoms with van der Waals surface area (Å²) in [6.45, 7) is 3.45. The number of nitrogens with zero attached hydrogens (tertiary/aromatic N) is 2. The number of hydrogen-bond donors (Lipinski definition) is 2. The maximum absolute atomic E-state index is 6.23. The van der Waals surface area contributed by atoms with Gasteiger partial charge in [-0.3, -0.25) is 0 Å². The second-order valence-electron chi connectivity index (χ2n) is 6.14. The lowest BCUT2D eigenvalue weighted by Gasteiger charge is -2.13. The highest BCUT2D eigenvalue weighted by Crippen LogP contribution is 2.27. The first-order valence-corrected chi connectivity index (χ1v) is 9.24. The third-order valence-electron chi connectivity index (χ3n) is 4.14. The van der Waals surface area contributed by atoms with Gasteiger partial charge in [0.2, 0.25) is 5.95 Å². The molecule has 2 aromatic carbocycles. The van der Waals surface area contributed by atoms with Gasteiger partial charge >= 0.3 is 0 Å². The van der Waals surface area contributed by atoms with Gasteiger partial charge < -0.3 is 15.4 Å². The SMILES string of the molecule is COCCCNc1cc(-c2ccccc2)nc(Nc2cccc(Cl)c2C)n1. The molecule has 0 aliphatic carbocycles. The molecule has 1 heterocycles. The lowest BCUT2D eigenvalue weighted by molar-refractivity contribution is 0.198. The van der Waals surface area contributed by atoms with Crippen molar-refractivity contribution in [3.63, 3.8) is 0 Å². The minimum atomic E-state index is 0.524. The van der Waals surface area contributed by atoms with E-state index >= 15 is 0 Å². The molecule has 5 nitrogen and oxygen atoms in total. The number of benzene rings is 2. The smallest absolute Gasteiger partial charge is 0.229 e. The van der Waals surface area contributed by atoms with Crippen LogP contribution in [0.4, 0.5) is 17.5 Å². The van der Waals surface area contributed by atoms with Gasteiger partial charge in [0.25, 0.3) is 0 Å². The Hall–Kier alpha value is -2.63. The van der Waals surface area contributed by atoms with E-state index in [1.165, 1.54) is 0 Å². The molecule has 3 aromatic rings. The van der Waals surface area contributed by atoms with Crippen LogP contribution in [0.15, 0.2) is 54.6 Å². The Morgan fingerprint density at radius 1 is 1.04 bits per heavy atom. The van der Waals surface area contributed by atoms with E-state index in [0.717, 1.165) is 41.3 Å². The van der Waals surface area contributed by atoms with Crippen LogP contribution in [-0.4, -0.2) is 30.2 Å². The summed E-state index contributed by atoms with van der Waals surface area (Å²) < 4.78 is 5.10. The Morgan fingerprint density at radius 3 is 2.63 bits per heavy atom. The fourth-order valence-corrected chi connectivity index (χ4v) is 2.82. The van der Waals surface area contributed by atoms with Crippen LogP contribution in [0, 0.1) is 6.92 Å². The van der Waals surface area contributed by atoms with Crippen LogP contribution < -0.4 is 10.6 Å². The Balaban J connectivity index is 1.90. The number of nitrogens with one attached hydrogen (secondary N) is 2. The Morgan fingerprint density at radius 2 is 1.85 bits per heavy atom. The van der Waals surface area contributed by atoms with Crippen molar-refractivity contribution in [1.29, 1.82) is 0 Å². The molecule has 0 saturated carbocycles. The molecule has 0 spiro atoms. The molecule has 0 aliphatic heterocycles. The molecule has 6 heteroatoms. The van der Waals surface area contributed by atoms with E-state index in [0.29, 0.717) is 17.6 Å². The fraction of sp³-hybridized carbons (Fsp3) is 0.238. The monoisotopic (exact) mass is 382 g/mol. The predicted octanol–water partition coefficient (Wildman–Crippen LogP) is 5.30. The first kappa shape index (κ1) is 19.1. The van der Waals surface area contributed by atoms with Crippen LogP contribution in [0.3, 0.4) is 0 Å². The molecule has 0 amide bonds. The normalized spacial score (nSPS) is 10.6. The molecule has 0 unspecified atom stereocenters. The number of aromatic nitrogens is 2. The average molecular weight is 383 g/mol. The first-order valence-electron chi connectivity index (χ1n) is 8.87. The van der Waals surface area contributed by atoms with Crippen LogP contribution in [0.5, 0.6) is 0 Å². The van der Waals surface area contributed by atoms with E-state index in [-0.39, 0.29) is 0 Å². The fourth-order valence-electron chi connectivity index (χ4n) is 2.65. The van der Waals surface area contributed by atoms with Crippen LogP contribution in [0.2, 0.25) is 5.02 Å². The molecule has 0 atom stereocenters. The standard InChI is InChI=1S/C21H23ClN4O/c1-15-17(22)10-6-11-18(15)24-21-25-19(16-8-4-3-5-9-16)14-20(26-21)23-12-7-13-27-2/h3-6,8-11,14H,7,12-13H2,1-2H3,(H2,23,24,25,26). The maximum Gasteiger partial charge on any atom is 0.229 e. The molecule has 0 saturated heterocycles. The van der Waals surface area contributed by atoms with Crippen LogP contribution in [0.25, 0.3) is 11.3 Å². The van der Waals surface area contributed by atoms with Gasteiger partial charge in [-0.1, -0.05) is 48.0 Å². The van der Waals surface area contributed by atoms with Crippen molar-refractivity contribution in [1.82, 2.24) is 9.97 Å². The highest BCUT2D eigenvalue weighted by Gasteiger charge is 2.09. The number of methoxy groups -OCH3 is 1. The molecule has 140 valence electrons. The van der Waals surface area contributed by atoms with E-state index in [1.807, 2.05) is 61.5 Å². The van der Waals surface area contributed by atoms with Crippen molar-refractivity contribution in [3.05, 3.63) is 65.2 Å². The molecule has 1 aromatic heterocycles. The zero-order valence-electron chi connectivity index (χ0n) is 15.5. The largest absolute Gasteiger partial charge is 0.385 e.